The number of ether oxygens (including phenoxy) is 1. The third-order valence-corrected chi connectivity index (χ3v) is 7.84. The van der Waals surface area contributed by atoms with Crippen molar-refractivity contribution in [3.8, 4) is 11.5 Å². The van der Waals surface area contributed by atoms with Crippen LogP contribution in [0.25, 0.3) is 11.0 Å². The van der Waals surface area contributed by atoms with E-state index in [4.69, 9.17) is 9.15 Å². The molecule has 0 spiro atoms. The lowest BCUT2D eigenvalue weighted by molar-refractivity contribution is 0.0883. The summed E-state index contributed by atoms with van der Waals surface area (Å²) >= 11 is 0. The predicted octanol–water partition coefficient (Wildman–Crippen LogP) is 5.58. The third kappa shape index (κ3) is 6.20. The van der Waals surface area contributed by atoms with Crippen LogP contribution in [-0.2, 0) is 6.54 Å². The molecule has 1 aromatic heterocycles. The van der Waals surface area contributed by atoms with Crippen molar-refractivity contribution in [1.82, 2.24) is 10.2 Å². The third-order valence-electron chi connectivity index (χ3n) is 7.84. The fourth-order valence-electron chi connectivity index (χ4n) is 5.63. The molecule has 0 radical (unpaired) electrons. The number of benzene rings is 3. The number of carbonyl (C=O) groups excluding carboxylic acids is 1. The zero-order valence-corrected chi connectivity index (χ0v) is 22.1. The summed E-state index contributed by atoms with van der Waals surface area (Å²) in [6.07, 6.45) is 3.84. The van der Waals surface area contributed by atoms with Crippen molar-refractivity contribution < 1.29 is 19.1 Å². The highest BCUT2D eigenvalue weighted by atomic mass is 16.5. The number of hydrogen-bond donors (Lipinski definition) is 2. The number of amides is 1. The highest BCUT2D eigenvalue weighted by Crippen LogP contribution is 2.28. The number of furan rings is 1. The molecule has 1 amide bonds. The van der Waals surface area contributed by atoms with E-state index in [0.29, 0.717) is 11.3 Å². The van der Waals surface area contributed by atoms with Crippen LogP contribution in [0.4, 0.5) is 5.69 Å². The molecule has 0 aliphatic carbocycles. The quantitative estimate of drug-likeness (QED) is 0.328. The van der Waals surface area contributed by atoms with Crippen LogP contribution in [0.15, 0.2) is 83.3 Å². The standard InChI is InChI=1S/C32H35N3O4/c36-27-8-6-26(7-9-27)35-18-14-28(15-19-35)38-29-10-11-30-24(20-29)21-31(39-30)32(37)33-25-12-16-34(17-13-25)22-23-4-2-1-3-5-23/h1-11,20-21,25,28,36H,12-19,22H2,(H,33,37). The van der Waals surface area contributed by atoms with Gasteiger partial charge in [-0.25, -0.2) is 0 Å². The van der Waals surface area contributed by atoms with Crippen molar-refractivity contribution in [2.45, 2.75) is 44.4 Å². The first-order chi connectivity index (χ1) is 19.1. The SMILES string of the molecule is O=C(NC1CCN(Cc2ccccc2)CC1)c1cc2cc(OC3CCN(c4ccc(O)cc4)CC3)ccc2o1. The molecule has 0 saturated carbocycles. The lowest BCUT2D eigenvalue weighted by atomic mass is 10.0. The molecular formula is C32H35N3O4. The van der Waals surface area contributed by atoms with Crippen LogP contribution < -0.4 is 15.0 Å². The van der Waals surface area contributed by atoms with E-state index >= 15 is 0 Å². The zero-order chi connectivity index (χ0) is 26.6. The Kier molecular flexibility index (Phi) is 7.41. The Labute approximate surface area is 229 Å². The molecule has 4 aromatic rings. The fraction of sp³-hybridized carbons (Fsp3) is 0.344. The molecule has 6 rings (SSSR count). The highest BCUT2D eigenvalue weighted by molar-refractivity contribution is 5.96. The van der Waals surface area contributed by atoms with Crippen molar-refractivity contribution in [2.24, 2.45) is 0 Å². The number of carbonyl (C=O) groups is 1. The minimum atomic E-state index is -0.156. The molecule has 0 bridgehead atoms. The molecular weight excluding hydrogens is 490 g/mol. The summed E-state index contributed by atoms with van der Waals surface area (Å²) in [6.45, 7) is 4.69. The summed E-state index contributed by atoms with van der Waals surface area (Å²) in [5.41, 5.74) is 3.13. The first-order valence-corrected chi connectivity index (χ1v) is 13.9. The Hall–Kier alpha value is -3.97. The molecule has 0 atom stereocenters. The van der Waals surface area contributed by atoms with Gasteiger partial charge in [-0.3, -0.25) is 9.69 Å². The monoisotopic (exact) mass is 525 g/mol. The topological polar surface area (TPSA) is 78.2 Å². The second-order valence-corrected chi connectivity index (χ2v) is 10.6. The van der Waals surface area contributed by atoms with Crippen LogP contribution in [-0.4, -0.2) is 54.2 Å². The first-order valence-electron chi connectivity index (χ1n) is 13.9. The van der Waals surface area contributed by atoms with Gasteiger partial charge in [0.25, 0.3) is 5.91 Å². The molecule has 3 aromatic carbocycles. The molecule has 7 nitrogen and oxygen atoms in total. The number of anilines is 1. The van der Waals surface area contributed by atoms with Gasteiger partial charge in [-0.2, -0.15) is 0 Å². The molecule has 2 aliphatic heterocycles. The van der Waals surface area contributed by atoms with Crippen LogP contribution in [0.3, 0.4) is 0 Å². The Morgan fingerprint density at radius 1 is 0.897 bits per heavy atom. The Balaban J connectivity index is 0.999. The number of phenols is 1. The number of phenolic OH excluding ortho intramolecular Hbond substituents is 1. The van der Waals surface area contributed by atoms with Gasteiger partial charge in [-0.05, 0) is 66.9 Å². The van der Waals surface area contributed by atoms with E-state index in [1.165, 1.54) is 5.56 Å². The molecule has 7 heteroatoms. The number of rotatable bonds is 7. The normalized spacial score (nSPS) is 17.4. The zero-order valence-electron chi connectivity index (χ0n) is 22.1. The number of aromatic hydroxyl groups is 1. The van der Waals surface area contributed by atoms with E-state index < -0.39 is 0 Å². The molecule has 3 heterocycles. The summed E-state index contributed by atoms with van der Waals surface area (Å²) in [7, 11) is 0. The van der Waals surface area contributed by atoms with Gasteiger partial charge in [-0.1, -0.05) is 30.3 Å². The maximum absolute atomic E-state index is 13.0. The number of likely N-dealkylation sites (tertiary alicyclic amines) is 1. The summed E-state index contributed by atoms with van der Waals surface area (Å²) in [4.78, 5) is 17.7. The smallest absolute Gasteiger partial charge is 0.287 e. The van der Waals surface area contributed by atoms with Crippen molar-refractivity contribution in [2.75, 3.05) is 31.1 Å². The number of hydrogen-bond acceptors (Lipinski definition) is 6. The van der Waals surface area contributed by atoms with Crippen molar-refractivity contribution in [1.29, 1.82) is 0 Å². The second-order valence-electron chi connectivity index (χ2n) is 10.6. The highest BCUT2D eigenvalue weighted by Gasteiger charge is 2.24. The van der Waals surface area contributed by atoms with Crippen molar-refractivity contribution >= 4 is 22.6 Å². The molecule has 2 fully saturated rings. The number of nitrogens with zero attached hydrogens (tertiary/aromatic N) is 2. The Morgan fingerprint density at radius 2 is 1.64 bits per heavy atom. The molecule has 2 N–H and O–H groups in total. The van der Waals surface area contributed by atoms with E-state index in [-0.39, 0.29) is 23.8 Å². The Bertz CT molecular complexity index is 1390. The average molecular weight is 526 g/mol. The van der Waals surface area contributed by atoms with Gasteiger partial charge in [0.1, 0.15) is 23.2 Å². The van der Waals surface area contributed by atoms with Gasteiger partial charge in [0.05, 0.1) is 0 Å². The van der Waals surface area contributed by atoms with E-state index in [1.807, 2.05) is 42.5 Å². The number of piperidine rings is 2. The van der Waals surface area contributed by atoms with E-state index in [1.54, 1.807) is 12.1 Å². The number of nitrogens with one attached hydrogen (secondary N) is 1. The molecule has 2 saturated heterocycles. The second kappa shape index (κ2) is 11.4. The van der Waals surface area contributed by atoms with Gasteiger partial charge in [0, 0.05) is 62.7 Å². The molecule has 2 aliphatic rings. The summed E-state index contributed by atoms with van der Waals surface area (Å²) in [6, 6.07) is 25.6. The summed E-state index contributed by atoms with van der Waals surface area (Å²) < 4.78 is 12.2. The molecule has 202 valence electrons. The van der Waals surface area contributed by atoms with E-state index in [9.17, 15) is 9.90 Å². The summed E-state index contributed by atoms with van der Waals surface area (Å²) in [5, 5.41) is 13.6. The van der Waals surface area contributed by atoms with Crippen LogP contribution in [0.2, 0.25) is 0 Å². The first kappa shape index (κ1) is 25.3. The van der Waals surface area contributed by atoms with Gasteiger partial charge < -0.3 is 24.5 Å². The van der Waals surface area contributed by atoms with Gasteiger partial charge >= 0.3 is 0 Å². The van der Waals surface area contributed by atoms with Gasteiger partial charge in [-0.15, -0.1) is 0 Å². The van der Waals surface area contributed by atoms with Crippen LogP contribution in [0.1, 0.15) is 41.8 Å². The lowest BCUT2D eigenvalue weighted by Crippen LogP contribution is -2.44. The van der Waals surface area contributed by atoms with E-state index in [2.05, 4.69) is 39.4 Å². The van der Waals surface area contributed by atoms with E-state index in [0.717, 1.165) is 75.2 Å². The Morgan fingerprint density at radius 3 is 2.38 bits per heavy atom. The largest absolute Gasteiger partial charge is 0.508 e. The van der Waals surface area contributed by atoms with Crippen LogP contribution in [0.5, 0.6) is 11.5 Å². The number of fused-ring (bicyclic) bond motifs is 1. The lowest BCUT2D eigenvalue weighted by Gasteiger charge is -2.33. The minimum Gasteiger partial charge on any atom is -0.508 e. The van der Waals surface area contributed by atoms with Crippen molar-refractivity contribution in [3.63, 3.8) is 0 Å². The van der Waals surface area contributed by atoms with Crippen LogP contribution >= 0.6 is 0 Å². The average Bonchev–Trinajstić information content (AvgIpc) is 3.39. The molecule has 0 unspecified atom stereocenters. The minimum absolute atomic E-state index is 0.137. The maximum Gasteiger partial charge on any atom is 0.287 e. The summed E-state index contributed by atoms with van der Waals surface area (Å²) in [5.74, 6) is 1.27. The fourth-order valence-corrected chi connectivity index (χ4v) is 5.63. The van der Waals surface area contributed by atoms with Gasteiger partial charge in [0.15, 0.2) is 5.76 Å². The van der Waals surface area contributed by atoms with Gasteiger partial charge in [0.2, 0.25) is 0 Å². The molecule has 39 heavy (non-hydrogen) atoms. The van der Waals surface area contributed by atoms with Crippen molar-refractivity contribution in [3.05, 3.63) is 90.2 Å². The predicted molar refractivity (Wildman–Crippen MR) is 152 cm³/mol. The van der Waals surface area contributed by atoms with Crippen LogP contribution in [0, 0.1) is 0 Å². The maximum atomic E-state index is 13.0.